The van der Waals surface area contributed by atoms with Gasteiger partial charge in [-0.1, -0.05) is 18.2 Å². The van der Waals surface area contributed by atoms with E-state index in [1.165, 1.54) is 30.3 Å². The highest BCUT2D eigenvalue weighted by Gasteiger charge is 2.33. The first-order valence-corrected chi connectivity index (χ1v) is 10.8. The average molecular weight is 442 g/mol. The van der Waals surface area contributed by atoms with Crippen LogP contribution in [0.2, 0.25) is 0 Å². The van der Waals surface area contributed by atoms with E-state index in [1.807, 2.05) is 0 Å². The highest BCUT2D eigenvalue weighted by Crippen LogP contribution is 2.34. The molecule has 0 aliphatic carbocycles. The van der Waals surface area contributed by atoms with Gasteiger partial charge in [-0.25, -0.2) is 8.42 Å². The number of benzene rings is 2. The zero-order valence-electron chi connectivity index (χ0n) is 16.6. The molecule has 2 rings (SSSR count). The number of sulfone groups is 1. The summed E-state index contributed by atoms with van der Waals surface area (Å²) in [6, 6.07) is 8.67. The van der Waals surface area contributed by atoms with Crippen LogP contribution in [0.1, 0.15) is 28.4 Å². The minimum absolute atomic E-state index is 0.00652. The van der Waals surface area contributed by atoms with Gasteiger partial charge in [0.1, 0.15) is 6.54 Å². The third-order valence-electron chi connectivity index (χ3n) is 4.34. The minimum Gasteiger partial charge on any atom is -0.330 e. The first kappa shape index (κ1) is 23.4. The van der Waals surface area contributed by atoms with E-state index >= 15 is 0 Å². The third kappa shape index (κ3) is 5.59. The molecule has 6 nitrogen and oxygen atoms in total. The first-order valence-electron chi connectivity index (χ1n) is 8.90. The SMILES string of the molecule is CCN(CC(=O)Nc1ccccc1C(F)(F)F)C(=O)c1ccc(C)c(S(C)(=O)=O)c1. The molecule has 162 valence electrons. The number of nitrogens with one attached hydrogen (secondary N) is 1. The number of carbonyl (C=O) groups is 2. The van der Waals surface area contributed by atoms with Crippen molar-refractivity contribution in [1.29, 1.82) is 0 Å². The molecule has 2 amide bonds. The Hall–Kier alpha value is -2.88. The van der Waals surface area contributed by atoms with Crippen molar-refractivity contribution in [2.45, 2.75) is 24.9 Å². The molecule has 0 unspecified atom stereocenters. The molecular weight excluding hydrogens is 421 g/mol. The number of para-hydroxylation sites is 1. The quantitative estimate of drug-likeness (QED) is 0.742. The van der Waals surface area contributed by atoms with Gasteiger partial charge in [0.05, 0.1) is 16.1 Å². The van der Waals surface area contributed by atoms with Gasteiger partial charge < -0.3 is 10.2 Å². The maximum Gasteiger partial charge on any atom is 0.418 e. The number of aryl methyl sites for hydroxylation is 1. The molecule has 0 aliphatic rings. The summed E-state index contributed by atoms with van der Waals surface area (Å²) in [6.45, 7) is 2.78. The molecule has 0 aromatic heterocycles. The number of rotatable bonds is 6. The molecule has 0 bridgehead atoms. The van der Waals surface area contributed by atoms with Crippen molar-refractivity contribution < 1.29 is 31.2 Å². The highest BCUT2D eigenvalue weighted by atomic mass is 32.2. The Morgan fingerprint density at radius 2 is 1.73 bits per heavy atom. The molecule has 2 aromatic carbocycles. The van der Waals surface area contributed by atoms with E-state index in [-0.39, 0.29) is 17.0 Å². The number of nitrogens with zero attached hydrogens (tertiary/aromatic N) is 1. The molecule has 0 saturated carbocycles. The van der Waals surface area contributed by atoms with E-state index in [2.05, 4.69) is 5.32 Å². The number of amides is 2. The van der Waals surface area contributed by atoms with Gasteiger partial charge in [-0.15, -0.1) is 0 Å². The molecule has 0 fully saturated rings. The van der Waals surface area contributed by atoms with Crippen molar-refractivity contribution in [2.24, 2.45) is 0 Å². The normalized spacial score (nSPS) is 11.8. The Kier molecular flexibility index (Phi) is 6.91. The maximum atomic E-state index is 13.1. The lowest BCUT2D eigenvalue weighted by Gasteiger charge is -2.21. The molecule has 10 heteroatoms. The second-order valence-corrected chi connectivity index (χ2v) is 8.65. The van der Waals surface area contributed by atoms with E-state index in [0.29, 0.717) is 5.56 Å². The number of anilines is 1. The van der Waals surface area contributed by atoms with Crippen molar-refractivity contribution in [2.75, 3.05) is 24.7 Å². The molecule has 0 heterocycles. The molecule has 2 aromatic rings. The van der Waals surface area contributed by atoms with Crippen LogP contribution in [0.15, 0.2) is 47.4 Å². The van der Waals surface area contributed by atoms with Crippen molar-refractivity contribution in [1.82, 2.24) is 4.90 Å². The van der Waals surface area contributed by atoms with Crippen LogP contribution in [0.3, 0.4) is 0 Å². The number of alkyl halides is 3. The van der Waals surface area contributed by atoms with Gasteiger partial charge in [0, 0.05) is 18.4 Å². The Balaban J connectivity index is 2.22. The fourth-order valence-electron chi connectivity index (χ4n) is 2.84. The third-order valence-corrected chi connectivity index (χ3v) is 5.58. The summed E-state index contributed by atoms with van der Waals surface area (Å²) in [5.41, 5.74) is -0.873. The van der Waals surface area contributed by atoms with Gasteiger partial charge >= 0.3 is 6.18 Å². The van der Waals surface area contributed by atoms with E-state index in [9.17, 15) is 31.2 Å². The smallest absolute Gasteiger partial charge is 0.330 e. The molecule has 0 saturated heterocycles. The molecule has 0 aliphatic heterocycles. The van der Waals surface area contributed by atoms with Crippen LogP contribution < -0.4 is 5.32 Å². The van der Waals surface area contributed by atoms with E-state index in [4.69, 9.17) is 0 Å². The van der Waals surface area contributed by atoms with Crippen LogP contribution >= 0.6 is 0 Å². The topological polar surface area (TPSA) is 83.6 Å². The Labute approximate surface area is 172 Å². The Bertz CT molecular complexity index is 1070. The average Bonchev–Trinajstić information content (AvgIpc) is 2.64. The van der Waals surface area contributed by atoms with Gasteiger partial charge in [-0.2, -0.15) is 13.2 Å². The van der Waals surface area contributed by atoms with Crippen molar-refractivity contribution in [3.63, 3.8) is 0 Å². The second kappa shape index (κ2) is 8.86. The summed E-state index contributed by atoms with van der Waals surface area (Å²) in [5, 5.41) is 2.18. The number of hydrogen-bond donors (Lipinski definition) is 1. The lowest BCUT2D eigenvalue weighted by atomic mass is 10.1. The zero-order chi connectivity index (χ0) is 22.7. The number of hydrogen-bond acceptors (Lipinski definition) is 4. The summed E-state index contributed by atoms with van der Waals surface area (Å²) in [5.74, 6) is -1.42. The van der Waals surface area contributed by atoms with Crippen LogP contribution in [0.25, 0.3) is 0 Å². The molecule has 30 heavy (non-hydrogen) atoms. The van der Waals surface area contributed by atoms with Crippen LogP contribution in [-0.2, 0) is 20.8 Å². The summed E-state index contributed by atoms with van der Waals surface area (Å²) in [4.78, 5) is 26.2. The lowest BCUT2D eigenvalue weighted by molar-refractivity contribution is -0.137. The fourth-order valence-corrected chi connectivity index (χ4v) is 3.84. The number of likely N-dealkylation sites (N-methyl/N-ethyl adjacent to an activating group) is 1. The van der Waals surface area contributed by atoms with Crippen molar-refractivity contribution >= 4 is 27.3 Å². The maximum absolute atomic E-state index is 13.1. The summed E-state index contributed by atoms with van der Waals surface area (Å²) < 4.78 is 63.0. The largest absolute Gasteiger partial charge is 0.418 e. The number of halogens is 3. The Morgan fingerprint density at radius 1 is 1.10 bits per heavy atom. The van der Waals surface area contributed by atoms with E-state index < -0.39 is 45.6 Å². The first-order chi connectivity index (χ1) is 13.8. The van der Waals surface area contributed by atoms with Gasteiger partial charge in [0.25, 0.3) is 5.91 Å². The van der Waals surface area contributed by atoms with Crippen LogP contribution in [0.5, 0.6) is 0 Å². The molecule has 1 N–H and O–H groups in total. The summed E-state index contributed by atoms with van der Waals surface area (Å²) >= 11 is 0. The predicted octanol–water partition coefficient (Wildman–Crippen LogP) is 3.52. The minimum atomic E-state index is -4.64. The van der Waals surface area contributed by atoms with Gasteiger partial charge in [0.2, 0.25) is 5.91 Å². The van der Waals surface area contributed by atoms with Crippen LogP contribution in [-0.4, -0.2) is 44.5 Å². The zero-order valence-corrected chi connectivity index (χ0v) is 17.4. The predicted molar refractivity (Wildman–Crippen MR) is 106 cm³/mol. The highest BCUT2D eigenvalue weighted by molar-refractivity contribution is 7.90. The van der Waals surface area contributed by atoms with E-state index in [0.717, 1.165) is 23.3 Å². The van der Waals surface area contributed by atoms with Crippen molar-refractivity contribution in [3.8, 4) is 0 Å². The van der Waals surface area contributed by atoms with Gasteiger partial charge in [-0.05, 0) is 43.7 Å². The molecule has 0 atom stereocenters. The molecular formula is C20H21F3N2O4S. The summed E-state index contributed by atoms with van der Waals surface area (Å²) in [6.07, 6.45) is -3.62. The lowest BCUT2D eigenvalue weighted by Crippen LogP contribution is -2.38. The van der Waals surface area contributed by atoms with E-state index in [1.54, 1.807) is 13.8 Å². The monoisotopic (exact) mass is 442 g/mol. The van der Waals surface area contributed by atoms with Crippen molar-refractivity contribution in [3.05, 3.63) is 59.2 Å². The molecule has 0 spiro atoms. The second-order valence-electron chi connectivity index (χ2n) is 6.66. The molecule has 0 radical (unpaired) electrons. The number of carbonyl (C=O) groups excluding carboxylic acids is 2. The fraction of sp³-hybridized carbons (Fsp3) is 0.300. The summed E-state index contributed by atoms with van der Waals surface area (Å²) in [7, 11) is -3.56. The van der Waals surface area contributed by atoms with Gasteiger partial charge in [0.15, 0.2) is 9.84 Å². The van der Waals surface area contributed by atoms with Gasteiger partial charge in [-0.3, -0.25) is 9.59 Å². The Morgan fingerprint density at radius 3 is 2.30 bits per heavy atom. The van der Waals surface area contributed by atoms with Crippen LogP contribution in [0, 0.1) is 6.92 Å². The van der Waals surface area contributed by atoms with Crippen LogP contribution in [0.4, 0.5) is 18.9 Å². The standard InChI is InChI=1S/C20H21F3N2O4S/c1-4-25(19(27)14-10-9-13(2)17(11-14)30(3,28)29)12-18(26)24-16-8-6-5-7-15(16)20(21,22)23/h5-11H,4,12H2,1-3H3,(H,24,26).